The van der Waals surface area contributed by atoms with Crippen LogP contribution in [0.25, 0.3) is 99.7 Å². The first kappa shape index (κ1) is 49.1. The van der Waals surface area contributed by atoms with E-state index in [0.29, 0.717) is 0 Å². The number of para-hydroxylation sites is 1. The predicted molar refractivity (Wildman–Crippen MR) is 352 cm³/mol. The Bertz CT molecular complexity index is 4930. The molecule has 20 rings (SSSR count). The molecule has 0 unspecified atom stereocenters. The Morgan fingerprint density at radius 3 is 1.15 bits per heavy atom. The molecule has 0 atom stereocenters. The Hall–Kier alpha value is -9.56. The van der Waals surface area contributed by atoms with Crippen LogP contribution < -0.4 is 0 Å². The molecule has 0 radical (unpaired) electrons. The van der Waals surface area contributed by atoms with E-state index in [9.17, 15) is 0 Å². The number of hydrogen-bond acceptors (Lipinski definition) is 0. The molecule has 0 saturated carbocycles. The molecule has 0 fully saturated rings. The smallest absolute Gasteiger partial charge is 0.0492 e. The van der Waals surface area contributed by atoms with Crippen LogP contribution in [-0.2, 0) is 52.0 Å². The molecule has 0 saturated heterocycles. The summed E-state index contributed by atoms with van der Waals surface area (Å²) in [4.78, 5) is 0. The Morgan fingerprint density at radius 1 is 0.226 bits per heavy atom. The zero-order valence-corrected chi connectivity index (χ0v) is 48.3. The van der Waals surface area contributed by atoms with Gasteiger partial charge in [-0.25, -0.2) is 0 Å². The summed E-state index contributed by atoms with van der Waals surface area (Å²) >= 11 is 0. The second-order valence-corrected chi connectivity index (χ2v) is 24.9. The fourth-order valence-electron chi connectivity index (χ4n) is 15.7. The Kier molecular flexibility index (Phi) is 11.1. The van der Waals surface area contributed by atoms with Crippen LogP contribution >= 0.6 is 0 Å². The zero-order chi connectivity index (χ0) is 55.9. The van der Waals surface area contributed by atoms with Crippen LogP contribution in [0.5, 0.6) is 0 Å². The first-order valence-electron chi connectivity index (χ1n) is 30.3. The zero-order valence-electron chi connectivity index (χ0n) is 48.3. The fraction of sp³-hybridized carbons (Fsp3) is 0.133. The predicted octanol–water partition coefficient (Wildman–Crippen LogP) is 20.3. The molecular formula is C83H63N. The van der Waals surface area contributed by atoms with Crippen molar-refractivity contribution in [2.24, 2.45) is 7.05 Å². The maximum absolute atomic E-state index is 2.45. The van der Waals surface area contributed by atoms with Gasteiger partial charge in [0.15, 0.2) is 0 Å². The Morgan fingerprint density at radius 2 is 0.595 bits per heavy atom. The van der Waals surface area contributed by atoms with Crippen LogP contribution in [0.15, 0.2) is 224 Å². The molecule has 13 aromatic rings. The van der Waals surface area contributed by atoms with E-state index in [0.717, 1.165) is 44.9 Å². The van der Waals surface area contributed by atoms with E-state index in [-0.39, 0.29) is 0 Å². The van der Waals surface area contributed by atoms with Crippen LogP contribution in [0.2, 0.25) is 0 Å². The molecule has 84 heavy (non-hydrogen) atoms. The molecule has 12 aromatic carbocycles. The SMILES string of the molecule is Cc1ccc2c(c1)-c1cc3c(cc1C2)Cc1ccccc1-3.Cc1ccc2c(c1)Cc1cc3c(cc1-2)-c1ccccc1C3.Cc1cccc2c1Cc1cc3c(cc1-2)-c1ccccc1C3.Cn1c2ccccc2c2cc3c(cc21)Cc1ccccc1-3. The van der Waals surface area contributed by atoms with Crippen molar-refractivity contribution in [2.75, 3.05) is 0 Å². The van der Waals surface area contributed by atoms with Crippen molar-refractivity contribution in [3.05, 3.63) is 319 Å². The van der Waals surface area contributed by atoms with Gasteiger partial charge in [0.1, 0.15) is 0 Å². The van der Waals surface area contributed by atoms with Crippen molar-refractivity contribution in [1.29, 1.82) is 0 Å². The molecule has 1 heteroatoms. The van der Waals surface area contributed by atoms with Gasteiger partial charge in [-0.3, -0.25) is 0 Å². The maximum atomic E-state index is 2.45. The molecule has 400 valence electrons. The molecule has 7 aliphatic carbocycles. The highest BCUT2D eigenvalue weighted by Gasteiger charge is 2.29. The summed E-state index contributed by atoms with van der Waals surface area (Å²) in [6, 6.07) is 83.8. The first-order valence-corrected chi connectivity index (χ1v) is 30.3. The molecule has 1 heterocycles. The summed E-state index contributed by atoms with van der Waals surface area (Å²) in [7, 11) is 2.17. The third-order valence-electron chi connectivity index (χ3n) is 19.8. The average molecular weight is 1070 g/mol. The van der Waals surface area contributed by atoms with Gasteiger partial charge in [-0.1, -0.05) is 199 Å². The monoisotopic (exact) mass is 1070 g/mol. The highest BCUT2D eigenvalue weighted by Crippen LogP contribution is 2.49. The summed E-state index contributed by atoms with van der Waals surface area (Å²) in [6.07, 6.45) is 7.62. The minimum atomic E-state index is 1.06. The van der Waals surface area contributed by atoms with Crippen LogP contribution in [0.1, 0.15) is 94.6 Å². The van der Waals surface area contributed by atoms with Gasteiger partial charge in [-0.2, -0.15) is 0 Å². The van der Waals surface area contributed by atoms with Gasteiger partial charge in [0, 0.05) is 28.9 Å². The van der Waals surface area contributed by atoms with Gasteiger partial charge in [-0.15, -0.1) is 0 Å². The number of benzene rings is 12. The van der Waals surface area contributed by atoms with Crippen molar-refractivity contribution >= 4 is 21.8 Å². The lowest BCUT2D eigenvalue weighted by Crippen LogP contribution is -1.88. The van der Waals surface area contributed by atoms with Gasteiger partial charge < -0.3 is 4.57 Å². The van der Waals surface area contributed by atoms with E-state index in [1.54, 1.807) is 0 Å². The molecular weight excluding hydrogens is 1010 g/mol. The lowest BCUT2D eigenvalue weighted by molar-refractivity contribution is 1.01. The Balaban J connectivity index is 0.0000000882. The van der Waals surface area contributed by atoms with Crippen molar-refractivity contribution in [3.8, 4) is 77.9 Å². The molecule has 0 amide bonds. The molecule has 7 aliphatic rings. The van der Waals surface area contributed by atoms with Gasteiger partial charge >= 0.3 is 0 Å². The van der Waals surface area contributed by atoms with Crippen LogP contribution in [-0.4, -0.2) is 4.57 Å². The number of hydrogen-bond donors (Lipinski definition) is 0. The topological polar surface area (TPSA) is 4.93 Å². The maximum Gasteiger partial charge on any atom is 0.0492 e. The van der Waals surface area contributed by atoms with Crippen LogP contribution in [0.4, 0.5) is 0 Å². The lowest BCUT2D eigenvalue weighted by Gasteiger charge is -2.07. The summed E-state index contributed by atoms with van der Waals surface area (Å²) in [6.45, 7) is 6.59. The molecule has 1 nitrogen and oxygen atoms in total. The molecule has 0 bridgehead atoms. The molecule has 0 spiro atoms. The number of aryl methyl sites for hydroxylation is 4. The molecule has 0 N–H and O–H groups in total. The van der Waals surface area contributed by atoms with Crippen molar-refractivity contribution in [1.82, 2.24) is 4.57 Å². The van der Waals surface area contributed by atoms with Crippen molar-refractivity contribution in [2.45, 2.75) is 65.7 Å². The first-order chi connectivity index (χ1) is 41.2. The van der Waals surface area contributed by atoms with E-state index in [4.69, 9.17) is 0 Å². The van der Waals surface area contributed by atoms with Gasteiger partial charge in [0.25, 0.3) is 0 Å². The van der Waals surface area contributed by atoms with Gasteiger partial charge in [0.05, 0.1) is 0 Å². The van der Waals surface area contributed by atoms with Crippen LogP contribution in [0.3, 0.4) is 0 Å². The van der Waals surface area contributed by atoms with E-state index >= 15 is 0 Å². The highest BCUT2D eigenvalue weighted by molar-refractivity contribution is 6.10. The van der Waals surface area contributed by atoms with Gasteiger partial charge in [0.2, 0.25) is 0 Å². The summed E-state index contributed by atoms with van der Waals surface area (Å²) in [5, 5.41) is 2.71. The largest absolute Gasteiger partial charge is 0.344 e. The molecule has 0 aliphatic heterocycles. The third kappa shape index (κ3) is 7.82. The van der Waals surface area contributed by atoms with E-state index in [1.165, 1.54) is 194 Å². The normalized spacial score (nSPS) is 13.4. The number of rotatable bonds is 0. The lowest BCUT2D eigenvalue weighted by atomic mass is 9.97. The summed E-state index contributed by atoms with van der Waals surface area (Å²) < 4.78 is 2.31. The standard InChI is InChI=1S/3C21H16.C20H15N/c1-13-5-4-8-18-19(13)11-16-10-15-9-14-6-2-3-7-17(14)20(15)12-21(16)18;1-13-6-7-19-15(8-13)10-17-11-16-9-14-4-2-3-5-18(14)20(16)12-21(17)19;1-13-6-7-15-10-17-11-16-9-14-4-2-3-5-18(14)20(16)12-21(17)19(15)8-13;1-21-19-9-5-4-8-16(19)18-12-17-14(11-20(18)21)10-13-6-2-3-7-15(13)17/h2-8,10,12H,9,11H2,1H3;2*2-8,11-12H,9-10H2,1H3;2-9,11-12H,10H2,1H3. The summed E-state index contributed by atoms with van der Waals surface area (Å²) in [5.74, 6) is 0. The number of fused-ring (bicyclic) bond motifs is 24. The van der Waals surface area contributed by atoms with Crippen molar-refractivity contribution in [3.63, 3.8) is 0 Å². The minimum absolute atomic E-state index is 1.06. The summed E-state index contributed by atoms with van der Waals surface area (Å²) in [5.41, 5.74) is 47.7. The van der Waals surface area contributed by atoms with E-state index in [1.807, 2.05) is 0 Å². The van der Waals surface area contributed by atoms with Gasteiger partial charge in [-0.05, 0) is 263 Å². The Labute approximate surface area is 493 Å². The molecule has 1 aromatic heterocycles. The number of nitrogens with zero attached hydrogens (tertiary/aromatic N) is 1. The van der Waals surface area contributed by atoms with Crippen LogP contribution in [0, 0.1) is 20.8 Å². The second-order valence-electron chi connectivity index (χ2n) is 24.9. The average Bonchev–Trinajstić information content (AvgIpc) is 4.51. The minimum Gasteiger partial charge on any atom is -0.344 e. The third-order valence-corrected chi connectivity index (χ3v) is 19.8. The quantitative estimate of drug-likeness (QED) is 0.143. The number of aromatic nitrogens is 1. The van der Waals surface area contributed by atoms with Crippen molar-refractivity contribution < 1.29 is 0 Å². The second kappa shape index (κ2) is 19.0. The fourth-order valence-corrected chi connectivity index (χ4v) is 15.7. The highest BCUT2D eigenvalue weighted by atomic mass is 14.9. The van der Waals surface area contributed by atoms with E-state index in [2.05, 4.69) is 257 Å². The van der Waals surface area contributed by atoms with E-state index < -0.39 is 0 Å².